The van der Waals surface area contributed by atoms with Crippen LogP contribution in [0.4, 0.5) is 14.5 Å². The third-order valence-electron chi connectivity index (χ3n) is 5.43. The Balaban J connectivity index is 1.72. The minimum absolute atomic E-state index is 0.00952. The van der Waals surface area contributed by atoms with Crippen molar-refractivity contribution in [2.75, 3.05) is 17.1 Å². The van der Waals surface area contributed by atoms with Crippen LogP contribution < -0.4 is 14.6 Å². The summed E-state index contributed by atoms with van der Waals surface area (Å²) in [5.74, 6) is 0.412. The molecule has 202 valence electrons. The molecule has 0 bridgehead atoms. The molecule has 0 aliphatic carbocycles. The van der Waals surface area contributed by atoms with E-state index in [0.29, 0.717) is 18.8 Å². The largest absolute Gasteiger partial charge is 0.494 e. The first-order chi connectivity index (χ1) is 17.0. The fraction of sp³-hybridized carbons (Fsp3) is 0.500. The van der Waals surface area contributed by atoms with Gasteiger partial charge in [0, 0.05) is 11.4 Å². The molecule has 0 amide bonds. The van der Waals surface area contributed by atoms with Crippen molar-refractivity contribution in [3.05, 3.63) is 53.1 Å². The molecule has 0 saturated carbocycles. The number of sulfonamides is 2. The number of nitrogens with one attached hydrogen (secondary N) is 1. The van der Waals surface area contributed by atoms with Crippen molar-refractivity contribution in [1.29, 1.82) is 0 Å². The summed E-state index contributed by atoms with van der Waals surface area (Å²) >= 11 is 5.87. The number of ether oxygens (including phenoxy) is 1. The van der Waals surface area contributed by atoms with Gasteiger partial charge in [-0.2, -0.15) is 0 Å². The third-order valence-corrected chi connectivity index (χ3v) is 7.91. The summed E-state index contributed by atoms with van der Waals surface area (Å²) in [6.45, 7) is 0.565. The molecule has 0 unspecified atom stereocenters. The van der Waals surface area contributed by atoms with Crippen LogP contribution in [0.25, 0.3) is 0 Å². The maximum atomic E-state index is 12.5. The molecule has 36 heavy (non-hydrogen) atoms. The lowest BCUT2D eigenvalue weighted by atomic mass is 10.1. The van der Waals surface area contributed by atoms with Crippen molar-refractivity contribution in [1.82, 2.24) is 0 Å². The van der Waals surface area contributed by atoms with Crippen LogP contribution in [-0.2, 0) is 26.5 Å². The van der Waals surface area contributed by atoms with Gasteiger partial charge in [0.25, 0.3) is 0 Å². The molecule has 0 saturated heterocycles. The van der Waals surface area contributed by atoms with E-state index in [1.807, 2.05) is 0 Å². The maximum absolute atomic E-state index is 12.5. The van der Waals surface area contributed by atoms with Crippen LogP contribution >= 0.6 is 11.6 Å². The lowest BCUT2D eigenvalue weighted by Crippen LogP contribution is -2.21. The number of hydrogen-bond acceptors (Lipinski definition) is 5. The third kappa shape index (κ3) is 11.9. The standard InChI is InChI=1S/C24H33ClF2N2O5S2/c25-20-11-14-23(36(28,32)33)22(18-20)29-35(30,31)17-15-19-9-12-21(13-10-19)34-16-7-5-3-1-2-4-6-8-24(26)27/h9-14,18,24,29H,1-8,15-17H2,(H2,28,32,33). The van der Waals surface area contributed by atoms with Crippen LogP contribution in [0, 0.1) is 0 Å². The quantitative estimate of drug-likeness (QED) is 0.237. The number of alkyl halides is 2. The molecule has 0 aromatic heterocycles. The average molecular weight is 567 g/mol. The average Bonchev–Trinajstić information content (AvgIpc) is 2.78. The van der Waals surface area contributed by atoms with Crippen molar-refractivity contribution in [3.63, 3.8) is 0 Å². The Morgan fingerprint density at radius 1 is 0.889 bits per heavy atom. The number of aryl methyl sites for hydroxylation is 1. The van der Waals surface area contributed by atoms with Crippen molar-refractivity contribution in [2.24, 2.45) is 5.14 Å². The fourth-order valence-corrected chi connectivity index (χ4v) is 5.55. The van der Waals surface area contributed by atoms with E-state index < -0.39 is 26.5 Å². The number of unbranched alkanes of at least 4 members (excludes halogenated alkanes) is 6. The van der Waals surface area contributed by atoms with Gasteiger partial charge in [-0.3, -0.25) is 4.72 Å². The van der Waals surface area contributed by atoms with Gasteiger partial charge in [-0.15, -0.1) is 0 Å². The number of benzene rings is 2. The molecule has 0 radical (unpaired) electrons. The molecule has 0 spiro atoms. The van der Waals surface area contributed by atoms with Crippen LogP contribution in [0.1, 0.15) is 56.9 Å². The summed E-state index contributed by atoms with van der Waals surface area (Å²) in [6, 6.07) is 10.8. The highest BCUT2D eigenvalue weighted by Crippen LogP contribution is 2.25. The van der Waals surface area contributed by atoms with E-state index >= 15 is 0 Å². The van der Waals surface area contributed by atoms with E-state index in [1.54, 1.807) is 24.3 Å². The second-order valence-corrected chi connectivity index (χ2v) is 12.3. The maximum Gasteiger partial charge on any atom is 0.240 e. The number of primary sulfonamides is 1. The molecule has 2 rings (SSSR count). The van der Waals surface area contributed by atoms with Crippen molar-refractivity contribution >= 4 is 37.3 Å². The Labute approximate surface area is 217 Å². The zero-order chi connectivity index (χ0) is 26.6. The molecule has 7 nitrogen and oxygen atoms in total. The molecule has 0 heterocycles. The second-order valence-electron chi connectivity index (χ2n) is 8.50. The number of halogens is 3. The van der Waals surface area contributed by atoms with Crippen LogP contribution in [0.3, 0.4) is 0 Å². The molecule has 0 fully saturated rings. The summed E-state index contributed by atoms with van der Waals surface area (Å²) in [5, 5.41) is 5.32. The number of anilines is 1. The summed E-state index contributed by atoms with van der Waals surface area (Å²) in [7, 11) is -8.01. The van der Waals surface area contributed by atoms with Gasteiger partial charge in [0.1, 0.15) is 10.6 Å². The zero-order valence-electron chi connectivity index (χ0n) is 20.0. The number of rotatable bonds is 17. The van der Waals surface area contributed by atoms with E-state index in [0.717, 1.165) is 50.2 Å². The zero-order valence-corrected chi connectivity index (χ0v) is 22.4. The first kappa shape index (κ1) is 30.3. The minimum atomic E-state index is -4.14. The van der Waals surface area contributed by atoms with Gasteiger partial charge in [-0.1, -0.05) is 55.8 Å². The molecule has 2 aromatic carbocycles. The summed E-state index contributed by atoms with van der Waals surface area (Å²) in [5.41, 5.74) is 0.581. The molecule has 3 N–H and O–H groups in total. The van der Waals surface area contributed by atoms with Gasteiger partial charge < -0.3 is 4.74 Å². The lowest BCUT2D eigenvalue weighted by Gasteiger charge is -2.12. The van der Waals surface area contributed by atoms with Gasteiger partial charge in [-0.05, 0) is 55.2 Å². The Morgan fingerprint density at radius 3 is 2.11 bits per heavy atom. The number of nitrogens with two attached hydrogens (primary N) is 1. The highest BCUT2D eigenvalue weighted by Gasteiger charge is 2.19. The predicted molar refractivity (Wildman–Crippen MR) is 139 cm³/mol. The van der Waals surface area contributed by atoms with Crippen molar-refractivity contribution in [2.45, 2.75) is 69.1 Å². The van der Waals surface area contributed by atoms with E-state index in [1.165, 1.54) is 12.1 Å². The second kappa shape index (κ2) is 14.7. The van der Waals surface area contributed by atoms with E-state index in [9.17, 15) is 25.6 Å². The van der Waals surface area contributed by atoms with Crippen LogP contribution in [0.2, 0.25) is 5.02 Å². The highest BCUT2D eigenvalue weighted by atomic mass is 35.5. The SMILES string of the molecule is NS(=O)(=O)c1ccc(Cl)cc1NS(=O)(=O)CCc1ccc(OCCCCCCCCCC(F)F)cc1. The molecule has 2 aromatic rings. The first-order valence-corrected chi connectivity index (χ1v) is 15.4. The van der Waals surface area contributed by atoms with Crippen LogP contribution in [0.5, 0.6) is 5.75 Å². The first-order valence-electron chi connectivity index (χ1n) is 11.8. The van der Waals surface area contributed by atoms with Gasteiger partial charge in [-0.25, -0.2) is 30.8 Å². The van der Waals surface area contributed by atoms with E-state index in [2.05, 4.69) is 4.72 Å². The monoisotopic (exact) mass is 566 g/mol. The normalized spacial score (nSPS) is 12.1. The van der Waals surface area contributed by atoms with Gasteiger partial charge in [0.2, 0.25) is 26.5 Å². The van der Waals surface area contributed by atoms with Crippen LogP contribution in [-0.4, -0.2) is 35.6 Å². The minimum Gasteiger partial charge on any atom is -0.494 e. The highest BCUT2D eigenvalue weighted by molar-refractivity contribution is 7.93. The lowest BCUT2D eigenvalue weighted by molar-refractivity contribution is 0.133. The van der Waals surface area contributed by atoms with Gasteiger partial charge in [0.15, 0.2) is 0 Å². The molecular formula is C24H33ClF2N2O5S2. The van der Waals surface area contributed by atoms with Crippen LogP contribution in [0.15, 0.2) is 47.4 Å². The molecule has 0 aliphatic heterocycles. The molecule has 0 atom stereocenters. The van der Waals surface area contributed by atoms with Crippen molar-refractivity contribution in [3.8, 4) is 5.75 Å². The smallest absolute Gasteiger partial charge is 0.240 e. The topological polar surface area (TPSA) is 116 Å². The van der Waals surface area contributed by atoms with E-state index in [-0.39, 0.29) is 34.2 Å². The van der Waals surface area contributed by atoms with E-state index in [4.69, 9.17) is 21.5 Å². The molecule has 12 heteroatoms. The summed E-state index contributed by atoms with van der Waals surface area (Å²) in [6.07, 6.45) is 4.40. The Morgan fingerprint density at radius 2 is 1.50 bits per heavy atom. The predicted octanol–water partition coefficient (Wildman–Crippen LogP) is 5.74. The fourth-order valence-electron chi connectivity index (χ4n) is 3.53. The summed E-state index contributed by atoms with van der Waals surface area (Å²) in [4.78, 5) is -0.359. The summed E-state index contributed by atoms with van der Waals surface area (Å²) < 4.78 is 80.6. The Hall–Kier alpha value is -1.95. The Kier molecular flexibility index (Phi) is 12.4. The van der Waals surface area contributed by atoms with Gasteiger partial charge >= 0.3 is 0 Å². The van der Waals surface area contributed by atoms with Gasteiger partial charge in [0.05, 0.1) is 18.0 Å². The number of hydrogen-bond donors (Lipinski definition) is 2. The molecular weight excluding hydrogens is 534 g/mol. The Bertz CT molecular complexity index is 1160. The van der Waals surface area contributed by atoms with Crippen molar-refractivity contribution < 1.29 is 30.4 Å². The molecule has 0 aliphatic rings.